The Morgan fingerprint density at radius 2 is 2.00 bits per heavy atom. The number of hydrogen-bond donors (Lipinski definition) is 4. The Kier molecular flexibility index (Phi) is 4.00. The summed E-state index contributed by atoms with van der Waals surface area (Å²) in [6.45, 7) is -0.564. The molecule has 0 unspecified atom stereocenters. The molecule has 4 atom stereocenters. The number of aliphatic hydroxyl groups excluding tert-OH is 2. The molecule has 2 heterocycles. The van der Waals surface area contributed by atoms with Gasteiger partial charge in [0.25, 0.3) is 0 Å². The summed E-state index contributed by atoms with van der Waals surface area (Å²) in [6.07, 6.45) is -4.85. The largest absolute Gasteiger partial charge is 0.469 e. The number of nitrogens with zero attached hydrogens (tertiary/aromatic N) is 3. The molecule has 1 fully saturated rings. The number of phosphoric ester groups is 1. The highest BCUT2D eigenvalue weighted by Crippen LogP contribution is 2.38. The SMILES string of the molecule is O=P(O)(O)OC[C@H]1O[C@@H](n2nnc3ccccc32)[C@H](O)[C@@H]1O. The van der Waals surface area contributed by atoms with Crippen molar-refractivity contribution in [3.05, 3.63) is 24.3 Å². The van der Waals surface area contributed by atoms with Crippen LogP contribution in [0.15, 0.2) is 24.3 Å². The average Bonchev–Trinajstić information content (AvgIpc) is 3.00. The van der Waals surface area contributed by atoms with E-state index >= 15 is 0 Å². The highest BCUT2D eigenvalue weighted by molar-refractivity contribution is 7.46. The number of aliphatic hydroxyl groups is 2. The van der Waals surface area contributed by atoms with Gasteiger partial charge in [0.1, 0.15) is 23.8 Å². The Morgan fingerprint density at radius 1 is 1.27 bits per heavy atom. The van der Waals surface area contributed by atoms with Gasteiger partial charge in [-0.3, -0.25) is 4.52 Å². The van der Waals surface area contributed by atoms with Crippen LogP contribution in [0.2, 0.25) is 0 Å². The van der Waals surface area contributed by atoms with Crippen LogP contribution in [0.25, 0.3) is 11.0 Å². The lowest BCUT2D eigenvalue weighted by molar-refractivity contribution is -0.0564. The maximum absolute atomic E-state index is 10.7. The van der Waals surface area contributed by atoms with Gasteiger partial charge in [0.05, 0.1) is 12.1 Å². The zero-order valence-electron chi connectivity index (χ0n) is 11.1. The van der Waals surface area contributed by atoms with Crippen LogP contribution in [0.1, 0.15) is 6.23 Å². The van der Waals surface area contributed by atoms with E-state index in [4.69, 9.17) is 14.5 Å². The van der Waals surface area contributed by atoms with Gasteiger partial charge in [-0.1, -0.05) is 17.3 Å². The van der Waals surface area contributed by atoms with Crippen molar-refractivity contribution in [2.24, 2.45) is 0 Å². The zero-order chi connectivity index (χ0) is 15.9. The van der Waals surface area contributed by atoms with E-state index in [1.807, 2.05) is 0 Å². The van der Waals surface area contributed by atoms with Crippen molar-refractivity contribution in [1.82, 2.24) is 15.0 Å². The molecule has 11 heteroatoms. The molecule has 4 N–H and O–H groups in total. The lowest BCUT2D eigenvalue weighted by Crippen LogP contribution is -2.33. The normalized spacial score (nSPS) is 29.3. The van der Waals surface area contributed by atoms with Gasteiger partial charge in [0, 0.05) is 0 Å². The molecule has 1 saturated heterocycles. The Morgan fingerprint density at radius 3 is 2.73 bits per heavy atom. The summed E-state index contributed by atoms with van der Waals surface area (Å²) in [5.74, 6) is 0. The Bertz CT molecular complexity index is 717. The molecule has 0 radical (unpaired) electrons. The maximum Gasteiger partial charge on any atom is 0.469 e. The highest BCUT2D eigenvalue weighted by atomic mass is 31.2. The van der Waals surface area contributed by atoms with Crippen LogP contribution >= 0.6 is 7.82 Å². The molecular weight excluding hydrogens is 317 g/mol. The highest BCUT2D eigenvalue weighted by Gasteiger charge is 2.45. The molecule has 10 nitrogen and oxygen atoms in total. The van der Waals surface area contributed by atoms with Crippen LogP contribution in [-0.4, -0.2) is 59.9 Å². The van der Waals surface area contributed by atoms with Gasteiger partial charge in [-0.25, -0.2) is 9.25 Å². The summed E-state index contributed by atoms with van der Waals surface area (Å²) in [6, 6.07) is 6.98. The molecule has 0 saturated carbocycles. The number of aromatic nitrogens is 3. The van der Waals surface area contributed by atoms with Gasteiger partial charge in [-0.05, 0) is 12.1 Å². The molecule has 1 aromatic carbocycles. The van der Waals surface area contributed by atoms with E-state index in [0.717, 1.165) is 0 Å². The van der Waals surface area contributed by atoms with Crippen molar-refractivity contribution < 1.29 is 33.8 Å². The molecule has 0 aliphatic carbocycles. The first-order chi connectivity index (χ1) is 10.4. The van der Waals surface area contributed by atoms with E-state index in [-0.39, 0.29) is 0 Å². The molecule has 22 heavy (non-hydrogen) atoms. The van der Waals surface area contributed by atoms with E-state index in [9.17, 15) is 14.8 Å². The number of para-hydroxylation sites is 1. The molecule has 0 amide bonds. The van der Waals surface area contributed by atoms with Crippen molar-refractivity contribution in [3.63, 3.8) is 0 Å². The molecule has 3 rings (SSSR count). The van der Waals surface area contributed by atoms with E-state index in [1.54, 1.807) is 24.3 Å². The minimum Gasteiger partial charge on any atom is -0.387 e. The van der Waals surface area contributed by atoms with Crippen LogP contribution in [0.4, 0.5) is 0 Å². The van der Waals surface area contributed by atoms with E-state index in [1.165, 1.54) is 4.68 Å². The Labute approximate surface area is 124 Å². The van der Waals surface area contributed by atoms with Crippen LogP contribution in [0, 0.1) is 0 Å². The van der Waals surface area contributed by atoms with Gasteiger partial charge < -0.3 is 24.7 Å². The molecule has 120 valence electrons. The second kappa shape index (κ2) is 5.67. The summed E-state index contributed by atoms with van der Waals surface area (Å²) < 4.78 is 21.7. The number of hydrogen-bond acceptors (Lipinski definition) is 7. The minimum atomic E-state index is -4.69. The number of benzene rings is 1. The molecule has 1 aliphatic rings. The van der Waals surface area contributed by atoms with Crippen molar-refractivity contribution in [1.29, 1.82) is 0 Å². The molecular formula is C11H14N3O7P. The minimum absolute atomic E-state index is 0.564. The van der Waals surface area contributed by atoms with Crippen LogP contribution in [0.5, 0.6) is 0 Å². The van der Waals surface area contributed by atoms with Gasteiger partial charge in [0.2, 0.25) is 0 Å². The summed E-state index contributed by atoms with van der Waals surface area (Å²) in [5, 5.41) is 27.8. The Hall–Kier alpha value is -1.39. The fourth-order valence-electron chi connectivity index (χ4n) is 2.31. The van der Waals surface area contributed by atoms with Gasteiger partial charge in [-0.2, -0.15) is 0 Å². The van der Waals surface area contributed by atoms with Crippen LogP contribution in [-0.2, 0) is 13.8 Å². The smallest absolute Gasteiger partial charge is 0.387 e. The summed E-state index contributed by atoms with van der Waals surface area (Å²) in [7, 11) is -4.69. The summed E-state index contributed by atoms with van der Waals surface area (Å²) in [4.78, 5) is 17.4. The fraction of sp³-hybridized carbons (Fsp3) is 0.455. The standard InChI is InChI=1S/C11H14N3O7P/c15-9-8(5-20-22(17,18)19)21-11(10(9)16)14-7-4-2-1-3-6(7)12-13-14/h1-4,8-11,15-16H,5H2,(H2,17,18,19)/t8-,9-,10-,11-/m1/s1. The van der Waals surface area contributed by atoms with Gasteiger partial charge in [-0.15, -0.1) is 5.10 Å². The van der Waals surface area contributed by atoms with Crippen molar-refractivity contribution >= 4 is 18.9 Å². The maximum atomic E-state index is 10.7. The lowest BCUT2D eigenvalue weighted by atomic mass is 10.1. The Balaban J connectivity index is 1.82. The van der Waals surface area contributed by atoms with Gasteiger partial charge in [0.15, 0.2) is 6.23 Å². The van der Waals surface area contributed by atoms with E-state index in [2.05, 4.69) is 14.8 Å². The molecule has 0 spiro atoms. The summed E-state index contributed by atoms with van der Waals surface area (Å²) in [5.41, 5.74) is 1.18. The quantitative estimate of drug-likeness (QED) is 0.526. The zero-order valence-corrected chi connectivity index (χ0v) is 12.0. The van der Waals surface area contributed by atoms with Crippen molar-refractivity contribution in [3.8, 4) is 0 Å². The third-order valence-electron chi connectivity index (χ3n) is 3.36. The monoisotopic (exact) mass is 331 g/mol. The molecule has 1 aromatic heterocycles. The first-order valence-electron chi connectivity index (χ1n) is 6.38. The van der Waals surface area contributed by atoms with E-state index in [0.29, 0.717) is 11.0 Å². The third-order valence-corrected chi connectivity index (χ3v) is 3.85. The van der Waals surface area contributed by atoms with Crippen molar-refractivity contribution in [2.45, 2.75) is 24.5 Å². The second-order valence-electron chi connectivity index (χ2n) is 4.86. The number of rotatable bonds is 4. The van der Waals surface area contributed by atoms with Gasteiger partial charge >= 0.3 is 7.82 Å². The first-order valence-corrected chi connectivity index (χ1v) is 7.91. The number of fused-ring (bicyclic) bond motifs is 1. The first kappa shape index (κ1) is 15.5. The molecule has 2 aromatic rings. The fourth-order valence-corrected chi connectivity index (χ4v) is 2.66. The van der Waals surface area contributed by atoms with Crippen molar-refractivity contribution in [2.75, 3.05) is 6.61 Å². The predicted molar refractivity (Wildman–Crippen MR) is 71.4 cm³/mol. The third kappa shape index (κ3) is 2.90. The molecule has 1 aliphatic heterocycles. The van der Waals surface area contributed by atoms with E-state index < -0.39 is 39.0 Å². The van der Waals surface area contributed by atoms with Crippen LogP contribution in [0.3, 0.4) is 0 Å². The number of phosphoric acid groups is 1. The predicted octanol–water partition coefficient (Wildman–Crippen LogP) is -0.840. The van der Waals surface area contributed by atoms with Crippen LogP contribution < -0.4 is 0 Å². The average molecular weight is 331 g/mol. The lowest BCUT2D eigenvalue weighted by Gasteiger charge is -2.15. The second-order valence-corrected chi connectivity index (χ2v) is 6.09. The summed E-state index contributed by atoms with van der Waals surface area (Å²) >= 11 is 0. The topological polar surface area (TPSA) is 147 Å². The molecule has 0 bridgehead atoms. The number of ether oxygens (including phenoxy) is 1.